The van der Waals surface area contributed by atoms with Gasteiger partial charge in [0, 0.05) is 0 Å². The van der Waals surface area contributed by atoms with Crippen LogP contribution in [0.15, 0.2) is 24.3 Å². The van der Waals surface area contributed by atoms with Crippen molar-refractivity contribution in [2.24, 2.45) is 0 Å². The molecule has 0 atom stereocenters. The van der Waals surface area contributed by atoms with Gasteiger partial charge in [0.25, 0.3) is 0 Å². The number of benzene rings is 1. The zero-order chi connectivity index (χ0) is 13.9. The van der Waals surface area contributed by atoms with Crippen LogP contribution in [0, 0.1) is 12.3 Å². The molecule has 0 spiro atoms. The molecule has 0 unspecified atom stereocenters. The zero-order valence-electron chi connectivity index (χ0n) is 11.4. The van der Waals surface area contributed by atoms with Gasteiger partial charge in [0.1, 0.15) is 5.75 Å². The second-order valence-electron chi connectivity index (χ2n) is 4.26. The molecule has 0 aliphatic rings. The van der Waals surface area contributed by atoms with Crippen molar-refractivity contribution in [3.8, 4) is 18.1 Å². The Bertz CT molecular complexity index is 432. The van der Waals surface area contributed by atoms with E-state index in [9.17, 15) is 4.79 Å². The highest BCUT2D eigenvalue weighted by atomic mass is 16.7. The van der Waals surface area contributed by atoms with Crippen molar-refractivity contribution in [3.63, 3.8) is 0 Å². The van der Waals surface area contributed by atoms with Crippen LogP contribution in [0.4, 0.5) is 4.79 Å². The van der Waals surface area contributed by atoms with E-state index < -0.39 is 6.16 Å². The van der Waals surface area contributed by atoms with Crippen molar-refractivity contribution >= 4 is 6.16 Å². The number of carbonyl (C=O) groups is 1. The predicted molar refractivity (Wildman–Crippen MR) is 75.1 cm³/mol. The monoisotopic (exact) mass is 260 g/mol. The number of hydrogen-bond acceptors (Lipinski definition) is 3. The molecular formula is C16H20O3. The summed E-state index contributed by atoms with van der Waals surface area (Å²) in [7, 11) is 0. The lowest BCUT2D eigenvalue weighted by Gasteiger charge is -2.07. The first-order valence-corrected chi connectivity index (χ1v) is 6.68. The number of terminal acetylenes is 1. The first-order chi connectivity index (χ1) is 9.27. The molecule has 0 aliphatic carbocycles. The summed E-state index contributed by atoms with van der Waals surface area (Å²) in [5.41, 5.74) is 0.544. The molecule has 0 N–H and O–H groups in total. The highest BCUT2D eigenvalue weighted by Crippen LogP contribution is 2.17. The second kappa shape index (κ2) is 9.04. The zero-order valence-corrected chi connectivity index (χ0v) is 11.4. The topological polar surface area (TPSA) is 35.5 Å². The van der Waals surface area contributed by atoms with Gasteiger partial charge >= 0.3 is 6.16 Å². The number of rotatable bonds is 7. The Labute approximate surface area is 114 Å². The molecule has 0 aliphatic heterocycles. The Morgan fingerprint density at radius 3 is 2.68 bits per heavy atom. The molecule has 0 aromatic heterocycles. The van der Waals surface area contributed by atoms with Crippen LogP contribution in [-0.4, -0.2) is 12.8 Å². The third-order valence-corrected chi connectivity index (χ3v) is 2.70. The van der Waals surface area contributed by atoms with Crippen LogP contribution in [0.1, 0.15) is 44.6 Å². The minimum atomic E-state index is -0.696. The van der Waals surface area contributed by atoms with Crippen molar-refractivity contribution in [3.05, 3.63) is 29.8 Å². The molecule has 1 aromatic carbocycles. The van der Waals surface area contributed by atoms with E-state index in [4.69, 9.17) is 15.9 Å². The summed E-state index contributed by atoms with van der Waals surface area (Å²) in [6.45, 7) is 2.55. The Hall–Kier alpha value is -1.95. The minimum absolute atomic E-state index is 0.362. The Kier molecular flexibility index (Phi) is 7.19. The van der Waals surface area contributed by atoms with E-state index in [1.165, 1.54) is 19.3 Å². The fourth-order valence-corrected chi connectivity index (χ4v) is 1.66. The van der Waals surface area contributed by atoms with Gasteiger partial charge in [0.05, 0.1) is 12.2 Å². The number of unbranched alkanes of at least 4 members (excludes halogenated alkanes) is 4. The van der Waals surface area contributed by atoms with E-state index in [1.807, 2.05) is 0 Å². The minimum Gasteiger partial charge on any atom is -0.434 e. The Balaban J connectivity index is 2.26. The lowest BCUT2D eigenvalue weighted by Crippen LogP contribution is -2.12. The van der Waals surface area contributed by atoms with Crippen LogP contribution in [0.5, 0.6) is 5.75 Å². The molecule has 1 aromatic rings. The van der Waals surface area contributed by atoms with Gasteiger partial charge < -0.3 is 9.47 Å². The van der Waals surface area contributed by atoms with E-state index in [1.54, 1.807) is 24.3 Å². The van der Waals surface area contributed by atoms with Gasteiger partial charge in [0.15, 0.2) is 0 Å². The van der Waals surface area contributed by atoms with Gasteiger partial charge in [-0.3, -0.25) is 0 Å². The standard InChI is InChI=1S/C16H20O3/c1-3-5-6-7-10-13-18-16(17)19-15-12-9-8-11-14(15)4-2/h2,8-9,11-12H,3,5-7,10,13H2,1H3. The average molecular weight is 260 g/mol. The number of para-hydroxylation sites is 1. The third-order valence-electron chi connectivity index (χ3n) is 2.70. The summed E-state index contributed by atoms with van der Waals surface area (Å²) >= 11 is 0. The molecule has 19 heavy (non-hydrogen) atoms. The van der Waals surface area contributed by atoms with Crippen molar-refractivity contribution in [2.45, 2.75) is 39.0 Å². The summed E-state index contributed by atoms with van der Waals surface area (Å²) in [5.74, 6) is 2.82. The molecular weight excluding hydrogens is 240 g/mol. The van der Waals surface area contributed by atoms with Crippen LogP contribution in [0.25, 0.3) is 0 Å². The fourth-order valence-electron chi connectivity index (χ4n) is 1.66. The molecule has 0 heterocycles. The largest absolute Gasteiger partial charge is 0.513 e. The molecule has 1 rings (SSSR count). The first kappa shape index (κ1) is 15.1. The highest BCUT2D eigenvalue weighted by molar-refractivity contribution is 5.65. The quantitative estimate of drug-likeness (QED) is 0.320. The normalized spacial score (nSPS) is 9.68. The maximum Gasteiger partial charge on any atom is 0.513 e. The molecule has 0 bridgehead atoms. The second-order valence-corrected chi connectivity index (χ2v) is 4.26. The van der Waals surface area contributed by atoms with Gasteiger partial charge in [0.2, 0.25) is 0 Å². The van der Waals surface area contributed by atoms with Gasteiger partial charge in [-0.1, -0.05) is 50.7 Å². The summed E-state index contributed by atoms with van der Waals surface area (Å²) in [4.78, 5) is 11.5. The van der Waals surface area contributed by atoms with Gasteiger partial charge in [-0.05, 0) is 18.6 Å². The maximum absolute atomic E-state index is 11.5. The molecule has 0 saturated heterocycles. The SMILES string of the molecule is C#Cc1ccccc1OC(=O)OCCCCCCC. The Morgan fingerprint density at radius 2 is 1.95 bits per heavy atom. The maximum atomic E-state index is 11.5. The number of carbonyl (C=O) groups excluding carboxylic acids is 1. The van der Waals surface area contributed by atoms with Gasteiger partial charge in [-0.2, -0.15) is 0 Å². The van der Waals surface area contributed by atoms with E-state index in [2.05, 4.69) is 12.8 Å². The van der Waals surface area contributed by atoms with Crippen molar-refractivity contribution in [1.29, 1.82) is 0 Å². The van der Waals surface area contributed by atoms with Crippen LogP contribution in [0.3, 0.4) is 0 Å². The van der Waals surface area contributed by atoms with Crippen LogP contribution < -0.4 is 4.74 Å². The molecule has 0 amide bonds. The fraction of sp³-hybridized carbons (Fsp3) is 0.438. The summed E-state index contributed by atoms with van der Waals surface area (Å²) in [6, 6.07) is 6.92. The van der Waals surface area contributed by atoms with Crippen LogP contribution in [0.2, 0.25) is 0 Å². The van der Waals surface area contributed by atoms with Crippen LogP contribution >= 0.6 is 0 Å². The smallest absolute Gasteiger partial charge is 0.434 e. The molecule has 0 radical (unpaired) electrons. The van der Waals surface area contributed by atoms with Crippen molar-refractivity contribution < 1.29 is 14.3 Å². The highest BCUT2D eigenvalue weighted by Gasteiger charge is 2.08. The molecule has 0 fully saturated rings. The van der Waals surface area contributed by atoms with Gasteiger partial charge in [-0.15, -0.1) is 6.42 Å². The Morgan fingerprint density at radius 1 is 1.21 bits per heavy atom. The molecule has 0 saturated carbocycles. The van der Waals surface area contributed by atoms with Crippen molar-refractivity contribution in [2.75, 3.05) is 6.61 Å². The molecule has 3 nitrogen and oxygen atoms in total. The number of ether oxygens (including phenoxy) is 2. The van der Waals surface area contributed by atoms with E-state index >= 15 is 0 Å². The summed E-state index contributed by atoms with van der Waals surface area (Å²) in [5, 5.41) is 0. The van der Waals surface area contributed by atoms with Crippen molar-refractivity contribution in [1.82, 2.24) is 0 Å². The molecule has 102 valence electrons. The number of hydrogen-bond donors (Lipinski definition) is 0. The first-order valence-electron chi connectivity index (χ1n) is 6.68. The average Bonchev–Trinajstić information content (AvgIpc) is 2.43. The van der Waals surface area contributed by atoms with Crippen LogP contribution in [-0.2, 0) is 4.74 Å². The van der Waals surface area contributed by atoms with E-state index in [0.717, 1.165) is 12.8 Å². The third kappa shape index (κ3) is 5.96. The van der Waals surface area contributed by atoms with Gasteiger partial charge in [-0.25, -0.2) is 4.79 Å². The lowest BCUT2D eigenvalue weighted by molar-refractivity contribution is 0.0972. The van der Waals surface area contributed by atoms with E-state index in [-0.39, 0.29) is 0 Å². The summed E-state index contributed by atoms with van der Waals surface area (Å²) < 4.78 is 10.1. The van der Waals surface area contributed by atoms with E-state index in [0.29, 0.717) is 17.9 Å². The lowest BCUT2D eigenvalue weighted by atomic mass is 10.2. The predicted octanol–water partition coefficient (Wildman–Crippen LogP) is 4.15. The molecule has 3 heteroatoms. The summed E-state index contributed by atoms with van der Waals surface area (Å²) in [6.07, 6.45) is 10.2.